The SMILES string of the molecule is C#C[C@H](O)[C@@H]1C[C@@]1(C(=O)N(CC)CC)c1ccccc1. The first-order chi connectivity index (χ1) is 9.61. The topological polar surface area (TPSA) is 40.5 Å². The Kier molecular flexibility index (Phi) is 4.15. The third-order valence-electron chi connectivity index (χ3n) is 4.29. The molecule has 1 amide bonds. The first-order valence-electron chi connectivity index (χ1n) is 7.10. The molecule has 0 radical (unpaired) electrons. The zero-order valence-corrected chi connectivity index (χ0v) is 12.0. The summed E-state index contributed by atoms with van der Waals surface area (Å²) in [6, 6.07) is 9.66. The number of hydrogen-bond acceptors (Lipinski definition) is 2. The van der Waals surface area contributed by atoms with Gasteiger partial charge in [0.25, 0.3) is 0 Å². The lowest BCUT2D eigenvalue weighted by Crippen LogP contribution is -2.41. The van der Waals surface area contributed by atoms with E-state index in [9.17, 15) is 9.90 Å². The standard InChI is InChI=1S/C17H21NO2/c1-4-15(19)14-12-17(14,13-10-8-7-9-11-13)16(20)18(5-2)6-3/h1,7-11,14-15,19H,5-6,12H2,2-3H3/t14-,15-,17+/m0/s1. The van der Waals surface area contributed by atoms with E-state index in [1.807, 2.05) is 49.1 Å². The van der Waals surface area contributed by atoms with E-state index < -0.39 is 11.5 Å². The van der Waals surface area contributed by atoms with E-state index >= 15 is 0 Å². The zero-order chi connectivity index (χ0) is 14.8. The van der Waals surface area contributed by atoms with Crippen LogP contribution in [0.4, 0.5) is 0 Å². The molecule has 106 valence electrons. The minimum absolute atomic E-state index is 0.0769. The summed E-state index contributed by atoms with van der Waals surface area (Å²) in [7, 11) is 0. The van der Waals surface area contributed by atoms with Crippen LogP contribution in [0, 0.1) is 18.3 Å². The number of likely N-dealkylation sites (N-methyl/N-ethyl adjacent to an activating group) is 1. The Labute approximate surface area is 120 Å². The summed E-state index contributed by atoms with van der Waals surface area (Å²) < 4.78 is 0. The maximum absolute atomic E-state index is 12.9. The van der Waals surface area contributed by atoms with E-state index in [1.165, 1.54) is 0 Å². The molecule has 1 aliphatic carbocycles. The summed E-state index contributed by atoms with van der Waals surface area (Å²) in [6.45, 7) is 5.27. The number of rotatable bonds is 5. The van der Waals surface area contributed by atoms with Crippen LogP contribution in [0.1, 0.15) is 25.8 Å². The second-order valence-electron chi connectivity index (χ2n) is 5.24. The van der Waals surface area contributed by atoms with E-state index in [0.29, 0.717) is 19.5 Å². The highest BCUT2D eigenvalue weighted by molar-refractivity contribution is 5.92. The maximum Gasteiger partial charge on any atom is 0.233 e. The Morgan fingerprint density at radius 1 is 1.45 bits per heavy atom. The molecule has 1 aromatic carbocycles. The lowest BCUT2D eigenvalue weighted by Gasteiger charge is -2.27. The van der Waals surface area contributed by atoms with Crippen LogP contribution in [0.2, 0.25) is 0 Å². The number of terminal acetylenes is 1. The smallest absolute Gasteiger partial charge is 0.233 e. The van der Waals surface area contributed by atoms with Crippen molar-refractivity contribution in [2.75, 3.05) is 13.1 Å². The Morgan fingerprint density at radius 3 is 2.55 bits per heavy atom. The molecule has 3 nitrogen and oxygen atoms in total. The number of carbonyl (C=O) groups is 1. The molecule has 0 unspecified atom stereocenters. The van der Waals surface area contributed by atoms with Crippen LogP contribution in [0.25, 0.3) is 0 Å². The molecule has 1 N–H and O–H groups in total. The molecule has 1 saturated carbocycles. The van der Waals surface area contributed by atoms with Crippen molar-refractivity contribution in [2.45, 2.75) is 31.8 Å². The monoisotopic (exact) mass is 271 g/mol. The minimum Gasteiger partial charge on any atom is -0.380 e. The van der Waals surface area contributed by atoms with Gasteiger partial charge in [-0.1, -0.05) is 36.3 Å². The molecule has 0 saturated heterocycles. The van der Waals surface area contributed by atoms with Gasteiger partial charge in [-0.25, -0.2) is 0 Å². The highest BCUT2D eigenvalue weighted by atomic mass is 16.3. The van der Waals surface area contributed by atoms with E-state index in [-0.39, 0.29) is 11.8 Å². The van der Waals surface area contributed by atoms with Crippen LogP contribution >= 0.6 is 0 Å². The van der Waals surface area contributed by atoms with Gasteiger partial charge in [-0.15, -0.1) is 6.42 Å². The highest BCUT2D eigenvalue weighted by Gasteiger charge is 2.64. The van der Waals surface area contributed by atoms with Crippen molar-refractivity contribution in [3.8, 4) is 12.3 Å². The predicted octanol–water partition coefficient (Wildman–Crippen LogP) is 1.81. The molecular formula is C17H21NO2. The van der Waals surface area contributed by atoms with Gasteiger partial charge in [0.05, 0.1) is 5.41 Å². The van der Waals surface area contributed by atoms with Crippen molar-refractivity contribution in [2.24, 2.45) is 5.92 Å². The van der Waals surface area contributed by atoms with Crippen LogP contribution in [0.3, 0.4) is 0 Å². The maximum atomic E-state index is 12.9. The molecule has 0 bridgehead atoms. The van der Waals surface area contributed by atoms with E-state index in [0.717, 1.165) is 5.56 Å². The average molecular weight is 271 g/mol. The van der Waals surface area contributed by atoms with Crippen LogP contribution in [0.5, 0.6) is 0 Å². The van der Waals surface area contributed by atoms with E-state index in [1.54, 1.807) is 0 Å². The number of aliphatic hydroxyl groups is 1. The summed E-state index contributed by atoms with van der Waals surface area (Å²) >= 11 is 0. The van der Waals surface area contributed by atoms with Gasteiger partial charge in [-0.3, -0.25) is 4.79 Å². The molecule has 3 heteroatoms. The number of carbonyl (C=O) groups excluding carboxylic acids is 1. The summed E-state index contributed by atoms with van der Waals surface area (Å²) in [5.41, 5.74) is 0.315. The van der Waals surface area contributed by atoms with Crippen molar-refractivity contribution in [1.29, 1.82) is 0 Å². The Balaban J connectivity index is 2.39. The molecule has 20 heavy (non-hydrogen) atoms. The third-order valence-corrected chi connectivity index (χ3v) is 4.29. The molecule has 1 aliphatic rings. The van der Waals surface area contributed by atoms with Gasteiger partial charge in [0.15, 0.2) is 0 Å². The number of nitrogens with zero attached hydrogens (tertiary/aromatic N) is 1. The van der Waals surface area contributed by atoms with Crippen molar-refractivity contribution in [1.82, 2.24) is 4.90 Å². The molecule has 0 heterocycles. The summed E-state index contributed by atoms with van der Waals surface area (Å²) in [4.78, 5) is 14.7. The van der Waals surface area contributed by atoms with Gasteiger partial charge in [0, 0.05) is 19.0 Å². The second-order valence-corrected chi connectivity index (χ2v) is 5.24. The lowest BCUT2D eigenvalue weighted by atomic mass is 9.90. The molecule has 1 fully saturated rings. The highest BCUT2D eigenvalue weighted by Crippen LogP contribution is 2.57. The van der Waals surface area contributed by atoms with Gasteiger partial charge < -0.3 is 10.0 Å². The molecule has 1 aromatic rings. The first kappa shape index (κ1) is 14.6. The molecule has 3 atom stereocenters. The molecular weight excluding hydrogens is 250 g/mol. The number of aliphatic hydroxyl groups excluding tert-OH is 1. The van der Waals surface area contributed by atoms with Crippen LogP contribution in [-0.4, -0.2) is 35.1 Å². The van der Waals surface area contributed by atoms with Gasteiger partial charge in [-0.05, 0) is 25.8 Å². The van der Waals surface area contributed by atoms with Gasteiger partial charge in [-0.2, -0.15) is 0 Å². The second kappa shape index (κ2) is 5.68. The number of hydrogen-bond donors (Lipinski definition) is 1. The van der Waals surface area contributed by atoms with Crippen LogP contribution in [-0.2, 0) is 10.2 Å². The van der Waals surface area contributed by atoms with Gasteiger partial charge in [0.1, 0.15) is 6.10 Å². The normalized spacial score (nSPS) is 25.6. The predicted molar refractivity (Wildman–Crippen MR) is 79.0 cm³/mol. The fraction of sp³-hybridized carbons (Fsp3) is 0.471. The van der Waals surface area contributed by atoms with Crippen LogP contribution in [0.15, 0.2) is 30.3 Å². The van der Waals surface area contributed by atoms with Gasteiger partial charge >= 0.3 is 0 Å². The quantitative estimate of drug-likeness (QED) is 0.830. The minimum atomic E-state index is -0.866. The Morgan fingerprint density at radius 2 is 2.05 bits per heavy atom. The van der Waals surface area contributed by atoms with Gasteiger partial charge in [0.2, 0.25) is 5.91 Å². The van der Waals surface area contributed by atoms with Crippen molar-refractivity contribution in [3.05, 3.63) is 35.9 Å². The number of benzene rings is 1. The van der Waals surface area contributed by atoms with E-state index in [2.05, 4.69) is 5.92 Å². The molecule has 2 rings (SSSR count). The Bertz CT molecular complexity index is 516. The lowest BCUT2D eigenvalue weighted by molar-refractivity contribution is -0.134. The third kappa shape index (κ3) is 2.21. The van der Waals surface area contributed by atoms with Crippen molar-refractivity contribution < 1.29 is 9.90 Å². The number of amides is 1. The average Bonchev–Trinajstić information content (AvgIpc) is 3.25. The van der Waals surface area contributed by atoms with Crippen molar-refractivity contribution in [3.63, 3.8) is 0 Å². The first-order valence-corrected chi connectivity index (χ1v) is 7.10. The summed E-state index contributed by atoms with van der Waals surface area (Å²) in [6.07, 6.45) is 5.09. The van der Waals surface area contributed by atoms with Crippen LogP contribution < -0.4 is 0 Å². The van der Waals surface area contributed by atoms with E-state index in [4.69, 9.17) is 6.42 Å². The molecule has 0 spiro atoms. The van der Waals surface area contributed by atoms with Crippen molar-refractivity contribution >= 4 is 5.91 Å². The summed E-state index contributed by atoms with van der Waals surface area (Å²) in [5.74, 6) is 2.27. The molecule has 0 aromatic heterocycles. The Hall–Kier alpha value is -1.79. The largest absolute Gasteiger partial charge is 0.380 e. The summed E-state index contributed by atoms with van der Waals surface area (Å²) in [5, 5.41) is 9.96. The fourth-order valence-electron chi connectivity index (χ4n) is 3.02. The zero-order valence-electron chi connectivity index (χ0n) is 12.0. The fourth-order valence-corrected chi connectivity index (χ4v) is 3.02. The molecule has 0 aliphatic heterocycles.